The maximum atomic E-state index is 4.68. The number of H-pyrrole nitrogens is 1. The third kappa shape index (κ3) is 1.95. The summed E-state index contributed by atoms with van der Waals surface area (Å²) in [6.45, 7) is 2.34. The second-order valence-electron chi connectivity index (χ2n) is 5.35. The minimum Gasteiger partial charge on any atom is -0.371 e. The van der Waals surface area contributed by atoms with Crippen LogP contribution in [0.4, 0.5) is 5.69 Å². The van der Waals surface area contributed by atoms with Gasteiger partial charge in [-0.2, -0.15) is 0 Å². The lowest BCUT2D eigenvalue weighted by Crippen LogP contribution is -2.17. The van der Waals surface area contributed by atoms with E-state index in [0.29, 0.717) is 0 Å². The first-order valence-electron chi connectivity index (χ1n) is 7.20. The molecule has 0 aliphatic carbocycles. The predicted molar refractivity (Wildman–Crippen MR) is 83.0 cm³/mol. The molecule has 0 unspecified atom stereocenters. The maximum Gasteiger partial charge on any atom is 0.138 e. The molecule has 1 aromatic heterocycles. The zero-order chi connectivity index (χ0) is 13.4. The zero-order valence-electron chi connectivity index (χ0n) is 11.3. The van der Waals surface area contributed by atoms with Gasteiger partial charge in [-0.3, -0.25) is 0 Å². The molecule has 0 radical (unpaired) electrons. The highest BCUT2D eigenvalue weighted by Gasteiger charge is 2.13. The third-order valence-electron chi connectivity index (χ3n) is 3.98. The standard InChI is InChI=1S/C17H17N3/c1-2-6-13(7-3-1)17-18-15-9-8-14(12-16(15)19-17)20-10-4-5-11-20/h1-3,6-9,12H,4-5,10-11H2,(H,18,19). The van der Waals surface area contributed by atoms with Crippen LogP contribution in [-0.2, 0) is 0 Å². The number of imidazole rings is 1. The van der Waals surface area contributed by atoms with Gasteiger partial charge in [0.2, 0.25) is 0 Å². The lowest BCUT2D eigenvalue weighted by molar-refractivity contribution is 0.949. The number of aromatic amines is 1. The predicted octanol–water partition coefficient (Wildman–Crippen LogP) is 3.83. The molecule has 1 N–H and O–H groups in total. The molecule has 0 bridgehead atoms. The summed E-state index contributed by atoms with van der Waals surface area (Å²) < 4.78 is 0. The van der Waals surface area contributed by atoms with Crippen LogP contribution in [0.2, 0.25) is 0 Å². The van der Waals surface area contributed by atoms with Crippen molar-refractivity contribution in [3.63, 3.8) is 0 Å². The Morgan fingerprint density at radius 3 is 2.55 bits per heavy atom. The quantitative estimate of drug-likeness (QED) is 0.762. The Labute approximate surface area is 118 Å². The Kier molecular flexibility index (Phi) is 2.69. The van der Waals surface area contributed by atoms with Crippen molar-refractivity contribution in [3.8, 4) is 11.4 Å². The van der Waals surface area contributed by atoms with Crippen molar-refractivity contribution in [1.82, 2.24) is 9.97 Å². The molecular weight excluding hydrogens is 246 g/mol. The number of aromatic nitrogens is 2. The summed E-state index contributed by atoms with van der Waals surface area (Å²) in [4.78, 5) is 10.6. The number of hydrogen-bond acceptors (Lipinski definition) is 2. The minimum atomic E-state index is 0.944. The average Bonchev–Trinajstić information content (AvgIpc) is 3.16. The first-order valence-corrected chi connectivity index (χ1v) is 7.20. The molecule has 3 nitrogen and oxygen atoms in total. The van der Waals surface area contributed by atoms with E-state index >= 15 is 0 Å². The van der Waals surface area contributed by atoms with Crippen LogP contribution in [0.15, 0.2) is 48.5 Å². The number of nitrogens with zero attached hydrogens (tertiary/aromatic N) is 2. The van der Waals surface area contributed by atoms with Crippen LogP contribution in [0, 0.1) is 0 Å². The molecule has 1 aliphatic rings. The number of hydrogen-bond donors (Lipinski definition) is 1. The minimum absolute atomic E-state index is 0.944. The van der Waals surface area contributed by atoms with Gasteiger partial charge < -0.3 is 9.88 Å². The van der Waals surface area contributed by atoms with Crippen molar-refractivity contribution < 1.29 is 0 Å². The van der Waals surface area contributed by atoms with Crippen molar-refractivity contribution in [2.24, 2.45) is 0 Å². The molecule has 1 fully saturated rings. The fourth-order valence-corrected chi connectivity index (χ4v) is 2.90. The summed E-state index contributed by atoms with van der Waals surface area (Å²) in [6, 6.07) is 16.8. The van der Waals surface area contributed by atoms with E-state index in [2.05, 4.69) is 45.2 Å². The highest BCUT2D eigenvalue weighted by molar-refractivity contribution is 5.82. The van der Waals surface area contributed by atoms with Crippen LogP contribution in [-0.4, -0.2) is 23.1 Å². The molecule has 3 aromatic rings. The average molecular weight is 263 g/mol. The lowest BCUT2D eigenvalue weighted by Gasteiger charge is -2.17. The Morgan fingerprint density at radius 1 is 0.950 bits per heavy atom. The second kappa shape index (κ2) is 4.67. The maximum absolute atomic E-state index is 4.68. The molecule has 4 rings (SSSR count). The van der Waals surface area contributed by atoms with Gasteiger partial charge in [0.1, 0.15) is 5.82 Å². The Hall–Kier alpha value is -2.29. The van der Waals surface area contributed by atoms with Gasteiger partial charge in [-0.25, -0.2) is 4.98 Å². The first-order chi connectivity index (χ1) is 9.90. The molecule has 2 heterocycles. The van der Waals surface area contributed by atoms with Gasteiger partial charge in [0.05, 0.1) is 11.0 Å². The van der Waals surface area contributed by atoms with Gasteiger partial charge in [0.25, 0.3) is 0 Å². The van der Waals surface area contributed by atoms with Gasteiger partial charge >= 0.3 is 0 Å². The van der Waals surface area contributed by atoms with Gasteiger partial charge in [0.15, 0.2) is 0 Å². The fourth-order valence-electron chi connectivity index (χ4n) is 2.90. The van der Waals surface area contributed by atoms with Crippen LogP contribution in [0.25, 0.3) is 22.4 Å². The van der Waals surface area contributed by atoms with Gasteiger partial charge in [-0.05, 0) is 31.0 Å². The molecule has 0 saturated carbocycles. The highest BCUT2D eigenvalue weighted by Crippen LogP contribution is 2.26. The van der Waals surface area contributed by atoms with Crippen molar-refractivity contribution >= 4 is 16.7 Å². The van der Waals surface area contributed by atoms with E-state index in [1.54, 1.807) is 0 Å². The summed E-state index contributed by atoms with van der Waals surface area (Å²) in [5.74, 6) is 0.944. The highest BCUT2D eigenvalue weighted by atomic mass is 15.1. The van der Waals surface area contributed by atoms with Crippen molar-refractivity contribution in [1.29, 1.82) is 0 Å². The summed E-state index contributed by atoms with van der Waals surface area (Å²) in [6.07, 6.45) is 2.60. The smallest absolute Gasteiger partial charge is 0.138 e. The SMILES string of the molecule is c1ccc(-c2nc3ccc(N4CCCC4)cc3[nH]2)cc1. The monoisotopic (exact) mass is 263 g/mol. The van der Waals surface area contributed by atoms with Gasteiger partial charge in [-0.1, -0.05) is 30.3 Å². The number of benzene rings is 2. The molecule has 100 valence electrons. The molecule has 0 atom stereocenters. The van der Waals surface area contributed by atoms with Crippen molar-refractivity contribution in [2.45, 2.75) is 12.8 Å². The molecule has 2 aromatic carbocycles. The van der Waals surface area contributed by atoms with Crippen LogP contribution in [0.5, 0.6) is 0 Å². The largest absolute Gasteiger partial charge is 0.371 e. The number of anilines is 1. The lowest BCUT2D eigenvalue weighted by atomic mass is 10.2. The van der Waals surface area contributed by atoms with E-state index in [9.17, 15) is 0 Å². The van der Waals surface area contributed by atoms with Crippen LogP contribution in [0.1, 0.15) is 12.8 Å². The second-order valence-corrected chi connectivity index (χ2v) is 5.35. The van der Waals surface area contributed by atoms with Crippen molar-refractivity contribution in [3.05, 3.63) is 48.5 Å². The topological polar surface area (TPSA) is 31.9 Å². The summed E-state index contributed by atoms with van der Waals surface area (Å²) in [5, 5.41) is 0. The van der Waals surface area contributed by atoms with E-state index in [0.717, 1.165) is 22.4 Å². The normalized spacial score (nSPS) is 15.1. The third-order valence-corrected chi connectivity index (χ3v) is 3.98. The van der Waals surface area contributed by atoms with Crippen LogP contribution in [0.3, 0.4) is 0 Å². The fraction of sp³-hybridized carbons (Fsp3) is 0.235. The molecule has 20 heavy (non-hydrogen) atoms. The Balaban J connectivity index is 1.76. The molecule has 0 spiro atoms. The van der Waals surface area contributed by atoms with E-state index < -0.39 is 0 Å². The van der Waals surface area contributed by atoms with Gasteiger partial charge in [0, 0.05) is 24.3 Å². The number of nitrogens with one attached hydrogen (secondary N) is 1. The van der Waals surface area contributed by atoms with Crippen LogP contribution < -0.4 is 4.90 Å². The Bertz CT molecular complexity index is 724. The Morgan fingerprint density at radius 2 is 1.75 bits per heavy atom. The van der Waals surface area contributed by atoms with E-state index in [1.165, 1.54) is 31.6 Å². The van der Waals surface area contributed by atoms with E-state index in [4.69, 9.17) is 0 Å². The molecule has 3 heteroatoms. The summed E-state index contributed by atoms with van der Waals surface area (Å²) >= 11 is 0. The van der Waals surface area contributed by atoms with Gasteiger partial charge in [-0.15, -0.1) is 0 Å². The molecule has 1 aliphatic heterocycles. The zero-order valence-corrected chi connectivity index (χ0v) is 11.3. The summed E-state index contributed by atoms with van der Waals surface area (Å²) in [5.41, 5.74) is 4.59. The first kappa shape index (κ1) is 11.5. The number of rotatable bonds is 2. The number of fused-ring (bicyclic) bond motifs is 1. The molecular formula is C17H17N3. The van der Waals surface area contributed by atoms with E-state index in [1.807, 2.05) is 18.2 Å². The van der Waals surface area contributed by atoms with Crippen molar-refractivity contribution in [2.75, 3.05) is 18.0 Å². The van der Waals surface area contributed by atoms with E-state index in [-0.39, 0.29) is 0 Å². The molecule has 0 amide bonds. The van der Waals surface area contributed by atoms with Crippen LogP contribution >= 0.6 is 0 Å². The summed E-state index contributed by atoms with van der Waals surface area (Å²) in [7, 11) is 0. The molecule has 1 saturated heterocycles.